The number of fused-ring (bicyclic) bond motifs is 1. The third-order valence-corrected chi connectivity index (χ3v) is 8.64. The van der Waals surface area contributed by atoms with E-state index >= 15 is 0 Å². The number of nitrogen functional groups attached to an aromatic ring is 1. The van der Waals surface area contributed by atoms with Crippen LogP contribution in [0, 0.1) is 0 Å². The maximum absolute atomic E-state index is 13.2. The van der Waals surface area contributed by atoms with Crippen LogP contribution >= 0.6 is 23.1 Å². The van der Waals surface area contributed by atoms with Gasteiger partial charge in [0.05, 0.1) is 18.8 Å². The van der Waals surface area contributed by atoms with Crippen LogP contribution in [0.3, 0.4) is 0 Å². The highest BCUT2D eigenvalue weighted by Gasteiger charge is 2.60. The molecule has 5 atom stereocenters. The number of amides is 3. The number of likely N-dealkylation sites (tertiary alicyclic amines) is 1. The molecule has 13 nitrogen and oxygen atoms in total. The second-order valence-corrected chi connectivity index (χ2v) is 11.0. The molecule has 0 aromatic carbocycles. The van der Waals surface area contributed by atoms with E-state index in [0.29, 0.717) is 25.1 Å². The highest BCUT2D eigenvalue weighted by molar-refractivity contribution is 8.00. The third-order valence-electron chi connectivity index (χ3n) is 6.57. The van der Waals surface area contributed by atoms with Gasteiger partial charge in [0.1, 0.15) is 24.2 Å². The fourth-order valence-electron chi connectivity index (χ4n) is 5.10. The minimum Gasteiger partial charge on any atom is -0.476 e. The molecule has 0 aliphatic carbocycles. The Bertz CT molecular complexity index is 1170. The molecule has 2 fully saturated rings. The monoisotopic (exact) mass is 524 g/mol. The van der Waals surface area contributed by atoms with Crippen LogP contribution in [0.25, 0.3) is 0 Å². The van der Waals surface area contributed by atoms with Crippen molar-refractivity contribution in [3.8, 4) is 0 Å². The van der Waals surface area contributed by atoms with E-state index in [-0.39, 0.29) is 32.0 Å². The summed E-state index contributed by atoms with van der Waals surface area (Å²) in [6, 6.07) is -1.57. The number of thioether (sulfide) groups is 1. The van der Waals surface area contributed by atoms with Crippen molar-refractivity contribution in [2.24, 2.45) is 10.9 Å². The second kappa shape index (κ2) is 9.13. The zero-order valence-electron chi connectivity index (χ0n) is 19.3. The number of carbonyl (C=O) groups is 4. The van der Waals surface area contributed by atoms with E-state index < -0.39 is 41.1 Å². The Hall–Kier alpha value is -3.17. The number of aromatic nitrogens is 1. The molecule has 0 spiro atoms. The van der Waals surface area contributed by atoms with E-state index in [4.69, 9.17) is 16.3 Å². The largest absolute Gasteiger partial charge is 0.476 e. The number of rotatable bonds is 7. The number of quaternary nitrogens is 1. The van der Waals surface area contributed by atoms with Crippen LogP contribution in [0.15, 0.2) is 21.9 Å². The summed E-state index contributed by atoms with van der Waals surface area (Å²) in [5.74, 6) is -3.06. The molecule has 3 aliphatic rings. The molecule has 3 amide bonds. The fraction of sp³-hybridized carbons (Fsp3) is 0.500. The molecule has 1 aromatic rings. The number of carboxylic acids is 1. The van der Waals surface area contributed by atoms with E-state index in [2.05, 4.69) is 15.5 Å². The predicted molar refractivity (Wildman–Crippen MR) is 128 cm³/mol. The van der Waals surface area contributed by atoms with Crippen molar-refractivity contribution in [1.82, 2.24) is 15.2 Å². The quantitative estimate of drug-likeness (QED) is 0.154. The molecular formula is C20H26N7O6S2+. The van der Waals surface area contributed by atoms with Crippen LogP contribution in [0.4, 0.5) is 5.13 Å². The number of primary amides is 1. The second-order valence-electron chi connectivity index (χ2n) is 8.61. The van der Waals surface area contributed by atoms with E-state index in [1.165, 1.54) is 29.2 Å². The highest BCUT2D eigenvalue weighted by atomic mass is 32.2. The fourth-order valence-corrected chi connectivity index (χ4v) is 7.22. The highest BCUT2D eigenvalue weighted by Crippen LogP contribution is 2.48. The van der Waals surface area contributed by atoms with Crippen LogP contribution in [0.2, 0.25) is 0 Å². The van der Waals surface area contributed by atoms with Gasteiger partial charge in [-0.1, -0.05) is 5.16 Å². The van der Waals surface area contributed by atoms with Gasteiger partial charge in [0.2, 0.25) is 0 Å². The van der Waals surface area contributed by atoms with Gasteiger partial charge in [-0.15, -0.1) is 23.1 Å². The van der Waals surface area contributed by atoms with Crippen LogP contribution < -0.4 is 16.8 Å². The topological polar surface area (TPSA) is 190 Å². The number of nitrogens with zero attached hydrogens (tertiary/aromatic N) is 4. The normalized spacial score (nSPS) is 30.5. The summed E-state index contributed by atoms with van der Waals surface area (Å²) in [6.45, 7) is 2.36. The third kappa shape index (κ3) is 4.02. The van der Waals surface area contributed by atoms with Crippen LogP contribution in [-0.2, 0) is 24.0 Å². The van der Waals surface area contributed by atoms with Crippen LogP contribution in [-0.4, -0.2) is 92.3 Å². The number of nitrogens with one attached hydrogen (secondary N) is 1. The molecular weight excluding hydrogens is 498 g/mol. The van der Waals surface area contributed by atoms with Gasteiger partial charge in [-0.25, -0.2) is 9.78 Å². The smallest absolute Gasteiger partial charge is 0.358 e. The van der Waals surface area contributed by atoms with Gasteiger partial charge in [-0.2, -0.15) is 0 Å². The summed E-state index contributed by atoms with van der Waals surface area (Å²) in [4.78, 5) is 60.6. The van der Waals surface area contributed by atoms with Gasteiger partial charge < -0.3 is 26.7 Å². The number of aliphatic carboxylic acids is 1. The van der Waals surface area contributed by atoms with E-state index in [1.807, 2.05) is 6.92 Å². The van der Waals surface area contributed by atoms with Crippen molar-refractivity contribution in [2.75, 3.05) is 26.4 Å². The van der Waals surface area contributed by atoms with Crippen molar-refractivity contribution in [3.05, 3.63) is 22.5 Å². The molecule has 3 aliphatic heterocycles. The number of anilines is 1. The molecule has 0 saturated carbocycles. The van der Waals surface area contributed by atoms with E-state index in [9.17, 15) is 24.3 Å². The van der Waals surface area contributed by atoms with Crippen molar-refractivity contribution in [3.63, 3.8) is 0 Å². The molecule has 0 bridgehead atoms. The molecule has 3 unspecified atom stereocenters. The minimum absolute atomic E-state index is 0.0502. The first-order valence-corrected chi connectivity index (χ1v) is 12.6. The molecule has 15 heteroatoms. The average molecular weight is 525 g/mol. The Morgan fingerprint density at radius 3 is 2.69 bits per heavy atom. The molecule has 35 heavy (non-hydrogen) atoms. The predicted octanol–water partition coefficient (Wildman–Crippen LogP) is -0.745. The molecule has 188 valence electrons. The summed E-state index contributed by atoms with van der Waals surface area (Å²) in [6.07, 6.45) is 1.25. The van der Waals surface area contributed by atoms with Crippen molar-refractivity contribution in [2.45, 2.75) is 42.5 Å². The Morgan fingerprint density at radius 2 is 2.11 bits per heavy atom. The Labute approximate surface area is 208 Å². The first-order valence-electron chi connectivity index (χ1n) is 10.8. The maximum Gasteiger partial charge on any atom is 0.358 e. The Balaban J connectivity index is 1.64. The minimum atomic E-state index is -1.27. The lowest BCUT2D eigenvalue weighted by Gasteiger charge is -2.52. The number of carboxylic acid groups (broad SMARTS) is 1. The number of carbonyl (C=O) groups excluding carboxylic acids is 3. The lowest BCUT2D eigenvalue weighted by Crippen LogP contribution is -2.72. The van der Waals surface area contributed by atoms with E-state index in [0.717, 1.165) is 11.3 Å². The number of oxime groups is 1. The Kier molecular flexibility index (Phi) is 6.50. The van der Waals surface area contributed by atoms with Crippen molar-refractivity contribution < 1.29 is 33.6 Å². The summed E-state index contributed by atoms with van der Waals surface area (Å²) < 4.78 is 0.0502. The number of likely N-dealkylation sites (N-methyl/N-ethyl adjacent to an activating group) is 1. The van der Waals surface area contributed by atoms with Crippen molar-refractivity contribution >= 4 is 57.6 Å². The average Bonchev–Trinajstić information content (AvgIpc) is 3.40. The molecule has 0 radical (unpaired) electrons. The van der Waals surface area contributed by atoms with Gasteiger partial charge in [0.25, 0.3) is 17.7 Å². The molecule has 4 heterocycles. The van der Waals surface area contributed by atoms with Gasteiger partial charge in [-0.3, -0.25) is 23.8 Å². The van der Waals surface area contributed by atoms with Gasteiger partial charge in [0, 0.05) is 18.2 Å². The first kappa shape index (κ1) is 24.9. The van der Waals surface area contributed by atoms with Crippen LogP contribution in [0.5, 0.6) is 0 Å². The van der Waals surface area contributed by atoms with Gasteiger partial charge in [-0.05, 0) is 6.92 Å². The van der Waals surface area contributed by atoms with E-state index in [1.54, 1.807) is 7.05 Å². The van der Waals surface area contributed by atoms with Crippen LogP contribution in [0.1, 0.15) is 25.5 Å². The summed E-state index contributed by atoms with van der Waals surface area (Å²) in [5.41, 5.74) is 11.6. The number of β-lactam (4-membered cyclic amide) rings is 1. The molecule has 4 rings (SSSR count). The lowest BCUT2D eigenvalue weighted by atomic mass is 10.0. The summed E-state index contributed by atoms with van der Waals surface area (Å²) in [7, 11) is 3.05. The molecule has 1 aromatic heterocycles. The molecule has 2 saturated heterocycles. The molecule has 6 N–H and O–H groups in total. The van der Waals surface area contributed by atoms with Gasteiger partial charge in [0.15, 0.2) is 28.3 Å². The number of hydrogen-bond donors (Lipinski definition) is 4. The summed E-state index contributed by atoms with van der Waals surface area (Å²) >= 11 is 2.46. The lowest BCUT2D eigenvalue weighted by molar-refractivity contribution is -0.876. The van der Waals surface area contributed by atoms with Gasteiger partial charge >= 0.3 is 5.97 Å². The Morgan fingerprint density at radius 1 is 1.40 bits per heavy atom. The SMILES string of the molecule is CO/N=C(\C(=O)NC1C(=O)N2C(C(=O)O)=C([N@@+]3(C)CCCC3C(N)=O)C(C)S[C@H]12)c1csc(N)n1. The zero-order chi connectivity index (χ0) is 25.7. The standard InChI is InChI=1S/C20H25N7O6S2/c1-8-14(27(2)6-4-5-10(27)15(21)28)13(19(31)32)26-17(30)12(18(26)35-8)24-16(29)11(25-33-3)9-7-34-20(22)23-9/h7-8,10,12,18H,4-6H2,1-3H3,(H5-,21,22,23,24,28,29,31,32)/p+1/b25-11-/t8?,10?,12?,18-,27+/m1/s1. The van der Waals surface area contributed by atoms with Crippen molar-refractivity contribution in [1.29, 1.82) is 0 Å². The number of nitrogens with two attached hydrogens (primary N) is 2. The zero-order valence-corrected chi connectivity index (χ0v) is 20.9. The number of hydrogen-bond acceptors (Lipinski definition) is 10. The summed E-state index contributed by atoms with van der Waals surface area (Å²) in [5, 5.41) is 17.2. The maximum atomic E-state index is 13.2. The number of thiazole rings is 1. The first-order chi connectivity index (χ1) is 16.5.